The standard InChI is InChI=1S/C14H19NO3/c1-3-8-15-12(9-13(16)17)14(18)11-6-4-10(2)5-7-11/h3-7,12,14-15,18H,1,8-9H2,2H3,(H,16,17). The van der Waals surface area contributed by atoms with E-state index in [0.717, 1.165) is 5.56 Å². The highest BCUT2D eigenvalue weighted by Gasteiger charge is 2.22. The van der Waals surface area contributed by atoms with Gasteiger partial charge in [-0.3, -0.25) is 4.79 Å². The van der Waals surface area contributed by atoms with E-state index < -0.39 is 18.1 Å². The Morgan fingerprint density at radius 2 is 2.06 bits per heavy atom. The lowest BCUT2D eigenvalue weighted by Crippen LogP contribution is -2.37. The third-order valence-electron chi connectivity index (χ3n) is 2.72. The molecule has 0 bridgehead atoms. The molecule has 18 heavy (non-hydrogen) atoms. The number of benzene rings is 1. The molecule has 0 aromatic heterocycles. The van der Waals surface area contributed by atoms with E-state index in [1.807, 2.05) is 31.2 Å². The van der Waals surface area contributed by atoms with Gasteiger partial charge < -0.3 is 15.5 Å². The summed E-state index contributed by atoms with van der Waals surface area (Å²) < 4.78 is 0. The maximum Gasteiger partial charge on any atom is 0.305 e. The van der Waals surface area contributed by atoms with Crippen molar-refractivity contribution in [2.45, 2.75) is 25.5 Å². The minimum atomic E-state index is -0.942. The monoisotopic (exact) mass is 249 g/mol. The highest BCUT2D eigenvalue weighted by atomic mass is 16.4. The molecule has 0 saturated carbocycles. The first-order valence-corrected chi connectivity index (χ1v) is 5.85. The maximum atomic E-state index is 10.8. The summed E-state index contributed by atoms with van der Waals surface area (Å²) in [7, 11) is 0. The van der Waals surface area contributed by atoms with Crippen LogP contribution in [0.15, 0.2) is 36.9 Å². The predicted molar refractivity (Wildman–Crippen MR) is 70.4 cm³/mol. The van der Waals surface area contributed by atoms with Crippen molar-refractivity contribution >= 4 is 5.97 Å². The number of carbonyl (C=O) groups is 1. The molecule has 0 aliphatic rings. The Bertz CT molecular complexity index is 400. The lowest BCUT2D eigenvalue weighted by Gasteiger charge is -2.22. The van der Waals surface area contributed by atoms with Crippen LogP contribution in [-0.2, 0) is 4.79 Å². The SMILES string of the molecule is C=CCNC(CC(=O)O)C(O)c1ccc(C)cc1. The Balaban J connectivity index is 2.79. The number of hydrogen-bond acceptors (Lipinski definition) is 3. The van der Waals surface area contributed by atoms with E-state index >= 15 is 0 Å². The van der Waals surface area contributed by atoms with Gasteiger partial charge in [0.1, 0.15) is 0 Å². The van der Waals surface area contributed by atoms with Gasteiger partial charge in [-0.25, -0.2) is 0 Å². The van der Waals surface area contributed by atoms with E-state index in [1.54, 1.807) is 6.08 Å². The lowest BCUT2D eigenvalue weighted by molar-refractivity contribution is -0.138. The molecule has 0 amide bonds. The second kappa shape index (κ2) is 6.93. The summed E-state index contributed by atoms with van der Waals surface area (Å²) in [5.41, 5.74) is 1.81. The van der Waals surface area contributed by atoms with Gasteiger partial charge in [0.15, 0.2) is 0 Å². The van der Waals surface area contributed by atoms with Gasteiger partial charge in [0.05, 0.1) is 12.5 Å². The first kappa shape index (κ1) is 14.4. The second-order valence-electron chi connectivity index (χ2n) is 4.26. The number of aliphatic carboxylic acids is 1. The summed E-state index contributed by atoms with van der Waals surface area (Å²) in [6, 6.07) is 6.88. The van der Waals surface area contributed by atoms with Gasteiger partial charge in [0.25, 0.3) is 0 Å². The Morgan fingerprint density at radius 3 is 2.56 bits per heavy atom. The van der Waals surface area contributed by atoms with Gasteiger partial charge in [-0.05, 0) is 12.5 Å². The molecule has 1 aromatic carbocycles. The maximum absolute atomic E-state index is 10.8. The van der Waals surface area contributed by atoms with E-state index in [9.17, 15) is 9.90 Å². The lowest BCUT2D eigenvalue weighted by atomic mass is 9.99. The number of aliphatic hydroxyl groups excluding tert-OH is 1. The van der Waals surface area contributed by atoms with E-state index in [4.69, 9.17) is 5.11 Å². The number of nitrogens with one attached hydrogen (secondary N) is 1. The molecule has 98 valence electrons. The number of rotatable bonds is 7. The summed E-state index contributed by atoms with van der Waals surface area (Å²) in [6.07, 6.45) is 0.654. The quantitative estimate of drug-likeness (QED) is 0.643. The molecule has 1 aromatic rings. The summed E-state index contributed by atoms with van der Waals surface area (Å²) in [5.74, 6) is -0.942. The number of aliphatic hydroxyl groups is 1. The van der Waals surface area contributed by atoms with Gasteiger partial charge in [0.2, 0.25) is 0 Å². The molecule has 0 spiro atoms. The second-order valence-corrected chi connectivity index (χ2v) is 4.26. The molecule has 4 nitrogen and oxygen atoms in total. The fourth-order valence-electron chi connectivity index (χ4n) is 1.71. The third kappa shape index (κ3) is 4.31. The fourth-order valence-corrected chi connectivity index (χ4v) is 1.71. The molecule has 0 saturated heterocycles. The van der Waals surface area contributed by atoms with Crippen LogP contribution in [0.25, 0.3) is 0 Å². The number of carboxylic acid groups (broad SMARTS) is 1. The van der Waals surface area contributed by atoms with E-state index in [-0.39, 0.29) is 6.42 Å². The zero-order valence-electron chi connectivity index (χ0n) is 10.5. The van der Waals surface area contributed by atoms with Gasteiger partial charge in [-0.1, -0.05) is 35.9 Å². The minimum absolute atomic E-state index is 0.136. The molecular weight excluding hydrogens is 230 g/mol. The highest BCUT2D eigenvalue weighted by molar-refractivity contribution is 5.67. The summed E-state index contributed by atoms with van der Waals surface area (Å²) in [6.45, 7) is 5.98. The summed E-state index contributed by atoms with van der Waals surface area (Å²) in [5, 5.41) is 22.0. The largest absolute Gasteiger partial charge is 0.481 e. The van der Waals surface area contributed by atoms with Crippen LogP contribution < -0.4 is 5.32 Å². The smallest absolute Gasteiger partial charge is 0.305 e. The number of aryl methyl sites for hydroxylation is 1. The zero-order chi connectivity index (χ0) is 13.5. The molecule has 0 heterocycles. The van der Waals surface area contributed by atoms with E-state index in [1.165, 1.54) is 0 Å². The zero-order valence-corrected chi connectivity index (χ0v) is 10.5. The van der Waals surface area contributed by atoms with Crippen LogP contribution in [0, 0.1) is 6.92 Å². The molecule has 0 radical (unpaired) electrons. The van der Waals surface area contributed by atoms with E-state index in [2.05, 4.69) is 11.9 Å². The van der Waals surface area contributed by atoms with Crippen LogP contribution in [0.2, 0.25) is 0 Å². The molecule has 0 aliphatic heterocycles. The van der Waals surface area contributed by atoms with Gasteiger partial charge in [0, 0.05) is 12.6 Å². The van der Waals surface area contributed by atoms with Crippen LogP contribution in [0.4, 0.5) is 0 Å². The Kier molecular flexibility index (Phi) is 5.55. The highest BCUT2D eigenvalue weighted by Crippen LogP contribution is 2.19. The van der Waals surface area contributed by atoms with Crippen LogP contribution in [0.3, 0.4) is 0 Å². The van der Waals surface area contributed by atoms with E-state index in [0.29, 0.717) is 12.1 Å². The van der Waals surface area contributed by atoms with Gasteiger partial charge >= 0.3 is 5.97 Å². The van der Waals surface area contributed by atoms with Crippen LogP contribution in [0.1, 0.15) is 23.7 Å². The Morgan fingerprint density at radius 1 is 1.44 bits per heavy atom. The van der Waals surface area contributed by atoms with Crippen molar-refractivity contribution in [3.63, 3.8) is 0 Å². The normalized spacial score (nSPS) is 13.9. The minimum Gasteiger partial charge on any atom is -0.481 e. The molecule has 1 rings (SSSR count). The van der Waals surface area contributed by atoms with Gasteiger partial charge in [-0.2, -0.15) is 0 Å². The van der Waals surface area contributed by atoms with Crippen LogP contribution in [-0.4, -0.2) is 28.8 Å². The average Bonchev–Trinajstić information content (AvgIpc) is 2.34. The predicted octanol–water partition coefficient (Wildman–Crippen LogP) is 1.65. The molecular formula is C14H19NO3. The van der Waals surface area contributed by atoms with Crippen molar-refractivity contribution in [2.24, 2.45) is 0 Å². The van der Waals surface area contributed by atoms with Gasteiger partial charge in [-0.15, -0.1) is 6.58 Å². The first-order chi connectivity index (χ1) is 8.54. The van der Waals surface area contributed by atoms with Crippen LogP contribution >= 0.6 is 0 Å². The molecule has 4 heteroatoms. The molecule has 3 N–H and O–H groups in total. The molecule has 0 aliphatic carbocycles. The summed E-state index contributed by atoms with van der Waals surface area (Å²) in [4.78, 5) is 10.8. The fraction of sp³-hybridized carbons (Fsp3) is 0.357. The molecule has 2 atom stereocenters. The van der Waals surface area contributed by atoms with Crippen molar-refractivity contribution in [3.8, 4) is 0 Å². The molecule has 0 fully saturated rings. The van der Waals surface area contributed by atoms with Crippen LogP contribution in [0.5, 0.6) is 0 Å². The third-order valence-corrected chi connectivity index (χ3v) is 2.72. The Labute approximate surface area is 107 Å². The van der Waals surface area contributed by atoms with Crippen molar-refractivity contribution in [3.05, 3.63) is 48.0 Å². The number of carboxylic acids is 1. The Hall–Kier alpha value is -1.65. The van der Waals surface area contributed by atoms with Crippen molar-refractivity contribution < 1.29 is 15.0 Å². The number of hydrogen-bond donors (Lipinski definition) is 3. The first-order valence-electron chi connectivity index (χ1n) is 5.85. The average molecular weight is 249 g/mol. The van der Waals surface area contributed by atoms with Crippen molar-refractivity contribution in [1.29, 1.82) is 0 Å². The topological polar surface area (TPSA) is 69.6 Å². The van der Waals surface area contributed by atoms with Crippen molar-refractivity contribution in [2.75, 3.05) is 6.54 Å². The summed E-state index contributed by atoms with van der Waals surface area (Å²) >= 11 is 0. The molecule has 2 unspecified atom stereocenters. The van der Waals surface area contributed by atoms with Crippen molar-refractivity contribution in [1.82, 2.24) is 5.32 Å².